The van der Waals surface area contributed by atoms with E-state index in [1.165, 1.54) is 32.2 Å². The van der Waals surface area contributed by atoms with Gasteiger partial charge in [-0.1, -0.05) is 12.2 Å². The average molecular weight is 190 g/mol. The van der Waals surface area contributed by atoms with Gasteiger partial charge in [-0.2, -0.15) is 0 Å². The minimum atomic E-state index is 0.636. The van der Waals surface area contributed by atoms with Gasteiger partial charge in [0.2, 0.25) is 0 Å². The van der Waals surface area contributed by atoms with Crippen molar-refractivity contribution in [1.29, 1.82) is 0 Å². The van der Waals surface area contributed by atoms with Crippen LogP contribution in [0, 0.1) is 5.92 Å². The molecule has 0 bridgehead atoms. The molecule has 1 fully saturated rings. The molecule has 0 amide bonds. The first-order valence-electron chi connectivity index (χ1n) is 5.83. The third-order valence-electron chi connectivity index (χ3n) is 3.72. The number of piperidine rings is 1. The molecule has 2 heterocycles. The molecular formula is C12H18N2. The van der Waals surface area contributed by atoms with Crippen molar-refractivity contribution in [3.8, 4) is 0 Å². The molecule has 1 aliphatic carbocycles. The second kappa shape index (κ2) is 3.43. The van der Waals surface area contributed by atoms with Gasteiger partial charge in [0.05, 0.1) is 0 Å². The summed E-state index contributed by atoms with van der Waals surface area (Å²) in [4.78, 5) is 0. The smallest absolute Gasteiger partial charge is 0.0340 e. The van der Waals surface area contributed by atoms with E-state index in [0.29, 0.717) is 6.04 Å². The van der Waals surface area contributed by atoms with Gasteiger partial charge in [0.25, 0.3) is 0 Å². The third kappa shape index (κ3) is 1.29. The molecule has 3 aliphatic rings. The van der Waals surface area contributed by atoms with E-state index in [0.717, 1.165) is 12.5 Å². The number of hydrogen-bond donors (Lipinski definition) is 2. The molecule has 0 spiro atoms. The topological polar surface area (TPSA) is 24.1 Å². The molecule has 2 N–H and O–H groups in total. The van der Waals surface area contributed by atoms with E-state index in [1.54, 1.807) is 11.3 Å². The Morgan fingerprint density at radius 1 is 1.21 bits per heavy atom. The first-order valence-corrected chi connectivity index (χ1v) is 5.83. The maximum atomic E-state index is 3.61. The van der Waals surface area contributed by atoms with Gasteiger partial charge in [-0.15, -0.1) is 0 Å². The molecule has 2 nitrogen and oxygen atoms in total. The summed E-state index contributed by atoms with van der Waals surface area (Å²) in [5, 5.41) is 7.18. The van der Waals surface area contributed by atoms with Gasteiger partial charge in [0, 0.05) is 24.8 Å². The van der Waals surface area contributed by atoms with Gasteiger partial charge in [-0.3, -0.25) is 0 Å². The summed E-state index contributed by atoms with van der Waals surface area (Å²) in [6.45, 7) is 2.22. The summed E-state index contributed by atoms with van der Waals surface area (Å²) in [7, 11) is 0. The van der Waals surface area contributed by atoms with E-state index < -0.39 is 0 Å². The van der Waals surface area contributed by atoms with E-state index in [9.17, 15) is 0 Å². The summed E-state index contributed by atoms with van der Waals surface area (Å²) in [6, 6.07) is 0.636. The maximum absolute atomic E-state index is 3.61. The summed E-state index contributed by atoms with van der Waals surface area (Å²) in [5.41, 5.74) is 3.10. The van der Waals surface area contributed by atoms with E-state index >= 15 is 0 Å². The van der Waals surface area contributed by atoms with E-state index in [-0.39, 0.29) is 0 Å². The van der Waals surface area contributed by atoms with Crippen LogP contribution in [0.1, 0.15) is 25.7 Å². The molecule has 2 heteroatoms. The summed E-state index contributed by atoms with van der Waals surface area (Å²) < 4.78 is 0. The summed E-state index contributed by atoms with van der Waals surface area (Å²) in [5.74, 6) is 0.833. The van der Waals surface area contributed by atoms with Crippen molar-refractivity contribution in [1.82, 2.24) is 10.6 Å². The molecule has 0 aromatic rings. The second-order valence-corrected chi connectivity index (χ2v) is 4.58. The first-order chi connectivity index (χ1) is 6.95. The zero-order valence-corrected chi connectivity index (χ0v) is 8.55. The molecule has 0 saturated carbocycles. The quantitative estimate of drug-likeness (QED) is 0.606. The van der Waals surface area contributed by atoms with E-state index in [4.69, 9.17) is 0 Å². The molecule has 3 rings (SSSR count). The van der Waals surface area contributed by atoms with Gasteiger partial charge in [0.15, 0.2) is 0 Å². The Morgan fingerprint density at radius 2 is 2.21 bits per heavy atom. The Kier molecular flexibility index (Phi) is 2.09. The SMILES string of the molecule is C1=CC2=C3NCCCC3CCC2NC1. The summed E-state index contributed by atoms with van der Waals surface area (Å²) in [6.07, 6.45) is 10.0. The second-order valence-electron chi connectivity index (χ2n) is 4.58. The molecule has 0 radical (unpaired) electrons. The lowest BCUT2D eigenvalue weighted by atomic mass is 9.79. The zero-order valence-electron chi connectivity index (χ0n) is 8.55. The Balaban J connectivity index is 1.98. The fourth-order valence-electron chi connectivity index (χ4n) is 3.01. The highest BCUT2D eigenvalue weighted by atomic mass is 15.0. The molecule has 14 heavy (non-hydrogen) atoms. The van der Waals surface area contributed by atoms with Crippen LogP contribution in [0.25, 0.3) is 0 Å². The number of allylic oxidation sites excluding steroid dienone is 1. The van der Waals surface area contributed by atoms with Crippen molar-refractivity contribution in [2.75, 3.05) is 13.1 Å². The van der Waals surface area contributed by atoms with Crippen LogP contribution in [0.5, 0.6) is 0 Å². The van der Waals surface area contributed by atoms with Crippen LogP contribution in [0.15, 0.2) is 23.4 Å². The lowest BCUT2D eigenvalue weighted by Crippen LogP contribution is -2.42. The molecule has 2 aliphatic heterocycles. The molecule has 76 valence electrons. The Morgan fingerprint density at radius 3 is 3.21 bits per heavy atom. The van der Waals surface area contributed by atoms with Crippen molar-refractivity contribution in [2.45, 2.75) is 31.7 Å². The highest BCUT2D eigenvalue weighted by Crippen LogP contribution is 2.35. The van der Waals surface area contributed by atoms with E-state index in [2.05, 4.69) is 22.8 Å². The lowest BCUT2D eigenvalue weighted by Gasteiger charge is -2.38. The predicted molar refractivity (Wildman–Crippen MR) is 57.9 cm³/mol. The third-order valence-corrected chi connectivity index (χ3v) is 3.72. The van der Waals surface area contributed by atoms with Crippen LogP contribution in [-0.4, -0.2) is 19.1 Å². The average Bonchev–Trinajstić information content (AvgIpc) is 2.29. The summed E-state index contributed by atoms with van der Waals surface area (Å²) >= 11 is 0. The first kappa shape index (κ1) is 8.54. The van der Waals surface area contributed by atoms with Crippen LogP contribution < -0.4 is 10.6 Å². The van der Waals surface area contributed by atoms with Crippen LogP contribution in [0.4, 0.5) is 0 Å². The monoisotopic (exact) mass is 190 g/mol. The van der Waals surface area contributed by atoms with Crippen molar-refractivity contribution in [3.63, 3.8) is 0 Å². The van der Waals surface area contributed by atoms with Crippen LogP contribution in [0.3, 0.4) is 0 Å². The van der Waals surface area contributed by atoms with Crippen LogP contribution in [0.2, 0.25) is 0 Å². The van der Waals surface area contributed by atoms with Gasteiger partial charge in [-0.05, 0) is 37.2 Å². The van der Waals surface area contributed by atoms with Gasteiger partial charge in [0.1, 0.15) is 0 Å². The number of fused-ring (bicyclic) bond motifs is 2. The van der Waals surface area contributed by atoms with E-state index in [1.807, 2.05) is 0 Å². The predicted octanol–water partition coefficient (Wildman–Crippen LogP) is 1.56. The highest BCUT2D eigenvalue weighted by molar-refractivity contribution is 5.36. The minimum Gasteiger partial charge on any atom is -0.388 e. The van der Waals surface area contributed by atoms with Gasteiger partial charge < -0.3 is 10.6 Å². The number of rotatable bonds is 0. The molecule has 0 aromatic heterocycles. The number of hydrogen-bond acceptors (Lipinski definition) is 2. The van der Waals surface area contributed by atoms with Crippen molar-refractivity contribution < 1.29 is 0 Å². The van der Waals surface area contributed by atoms with Crippen molar-refractivity contribution >= 4 is 0 Å². The van der Waals surface area contributed by atoms with Crippen molar-refractivity contribution in [3.05, 3.63) is 23.4 Å². The fourth-order valence-corrected chi connectivity index (χ4v) is 3.01. The standard InChI is InChI=1S/C12H18N2/c1-3-9-5-6-11-10(4-2-7-13-11)12(9)14-8-1/h2,4,9,11,13-14H,1,3,5-8H2. The Hall–Kier alpha value is -0.760. The molecule has 0 aromatic carbocycles. The van der Waals surface area contributed by atoms with Gasteiger partial charge >= 0.3 is 0 Å². The molecule has 2 atom stereocenters. The highest BCUT2D eigenvalue weighted by Gasteiger charge is 2.30. The number of nitrogens with one attached hydrogen (secondary N) is 2. The fraction of sp³-hybridized carbons (Fsp3) is 0.667. The lowest BCUT2D eigenvalue weighted by molar-refractivity contribution is 0.354. The van der Waals surface area contributed by atoms with Crippen molar-refractivity contribution in [2.24, 2.45) is 5.92 Å². The van der Waals surface area contributed by atoms with Crippen LogP contribution in [-0.2, 0) is 0 Å². The Bertz CT molecular complexity index is 291. The van der Waals surface area contributed by atoms with Crippen LogP contribution >= 0.6 is 0 Å². The zero-order chi connectivity index (χ0) is 9.38. The maximum Gasteiger partial charge on any atom is 0.0340 e. The molecule has 2 unspecified atom stereocenters. The minimum absolute atomic E-state index is 0.636. The Labute approximate surface area is 85.5 Å². The largest absolute Gasteiger partial charge is 0.388 e. The van der Waals surface area contributed by atoms with Gasteiger partial charge in [-0.25, -0.2) is 0 Å². The normalized spacial score (nSPS) is 36.0. The molecular weight excluding hydrogens is 172 g/mol. The molecule has 1 saturated heterocycles.